The fourth-order valence-corrected chi connectivity index (χ4v) is 4.87. The fourth-order valence-electron chi connectivity index (χ4n) is 3.24. The predicted octanol–water partition coefficient (Wildman–Crippen LogP) is 4.18. The van der Waals surface area contributed by atoms with E-state index in [0.29, 0.717) is 10.5 Å². The van der Waals surface area contributed by atoms with E-state index in [1.165, 1.54) is 22.7 Å². The van der Waals surface area contributed by atoms with E-state index in [4.69, 9.17) is 4.74 Å². The van der Waals surface area contributed by atoms with E-state index in [-0.39, 0.29) is 17.6 Å². The number of rotatable bonds is 5. The van der Waals surface area contributed by atoms with Crippen molar-refractivity contribution in [2.45, 2.75) is 69.7 Å². The highest BCUT2D eigenvalue weighted by Crippen LogP contribution is 2.27. The standard InChI is InChI=1S/C18H24N2O3S2/c1-4-13-10-14-15(25-13)19-18(24-3)20(16(14)21)11(2)17(22)23-12-8-6-5-7-9-12/h10-12H,4-9H2,1-3H3. The maximum Gasteiger partial charge on any atom is 0.329 e. The van der Waals surface area contributed by atoms with Gasteiger partial charge in [-0.3, -0.25) is 9.36 Å². The van der Waals surface area contributed by atoms with Crippen molar-refractivity contribution in [3.63, 3.8) is 0 Å². The summed E-state index contributed by atoms with van der Waals surface area (Å²) in [5, 5.41) is 1.16. The molecular weight excluding hydrogens is 356 g/mol. The van der Waals surface area contributed by atoms with Crippen LogP contribution in [-0.4, -0.2) is 27.9 Å². The number of hydrogen-bond acceptors (Lipinski definition) is 6. The molecule has 2 aromatic rings. The van der Waals surface area contributed by atoms with Crippen LogP contribution in [0.3, 0.4) is 0 Å². The van der Waals surface area contributed by atoms with Gasteiger partial charge in [0.25, 0.3) is 5.56 Å². The smallest absolute Gasteiger partial charge is 0.329 e. The Morgan fingerprint density at radius 3 is 2.80 bits per heavy atom. The number of thioether (sulfide) groups is 1. The zero-order valence-electron chi connectivity index (χ0n) is 14.9. The van der Waals surface area contributed by atoms with Crippen molar-refractivity contribution < 1.29 is 9.53 Å². The monoisotopic (exact) mass is 380 g/mol. The molecule has 2 aromatic heterocycles. The number of aryl methyl sites for hydroxylation is 1. The molecule has 0 radical (unpaired) electrons. The molecule has 1 saturated carbocycles. The van der Waals surface area contributed by atoms with Gasteiger partial charge in [0, 0.05) is 4.88 Å². The van der Waals surface area contributed by atoms with Gasteiger partial charge in [-0.1, -0.05) is 25.1 Å². The first-order chi connectivity index (χ1) is 12.0. The number of carbonyl (C=O) groups excluding carboxylic acids is 1. The molecule has 0 aliphatic heterocycles. The number of esters is 1. The second-order valence-electron chi connectivity index (χ2n) is 6.43. The van der Waals surface area contributed by atoms with E-state index in [0.717, 1.165) is 41.8 Å². The molecule has 1 aliphatic rings. The number of ether oxygens (including phenoxy) is 1. The average Bonchev–Trinajstić information content (AvgIpc) is 3.05. The molecule has 0 bridgehead atoms. The Balaban J connectivity index is 1.93. The largest absolute Gasteiger partial charge is 0.461 e. The molecule has 1 unspecified atom stereocenters. The van der Waals surface area contributed by atoms with Crippen LogP contribution >= 0.6 is 23.1 Å². The molecule has 1 atom stereocenters. The third-order valence-corrected chi connectivity index (χ3v) is 6.54. The highest BCUT2D eigenvalue weighted by Gasteiger charge is 2.26. The lowest BCUT2D eigenvalue weighted by Gasteiger charge is -2.24. The van der Waals surface area contributed by atoms with E-state index in [9.17, 15) is 9.59 Å². The van der Waals surface area contributed by atoms with Crippen molar-refractivity contribution in [2.75, 3.05) is 6.26 Å². The van der Waals surface area contributed by atoms with Crippen LogP contribution in [0.15, 0.2) is 16.0 Å². The molecule has 0 aromatic carbocycles. The lowest BCUT2D eigenvalue weighted by atomic mass is 9.98. The normalized spacial score (nSPS) is 16.9. The molecule has 0 spiro atoms. The van der Waals surface area contributed by atoms with Gasteiger partial charge in [0.2, 0.25) is 0 Å². The molecule has 3 rings (SSSR count). The second-order valence-corrected chi connectivity index (χ2v) is 8.32. The number of carbonyl (C=O) groups is 1. The third kappa shape index (κ3) is 3.77. The van der Waals surface area contributed by atoms with Gasteiger partial charge in [0.1, 0.15) is 17.0 Å². The highest BCUT2D eigenvalue weighted by atomic mass is 32.2. The number of fused-ring (bicyclic) bond motifs is 1. The fraction of sp³-hybridized carbons (Fsp3) is 0.611. The number of thiophene rings is 1. The Labute approximate surface area is 155 Å². The number of hydrogen-bond donors (Lipinski definition) is 0. The summed E-state index contributed by atoms with van der Waals surface area (Å²) in [4.78, 5) is 32.1. The summed E-state index contributed by atoms with van der Waals surface area (Å²) in [6.45, 7) is 3.79. The Morgan fingerprint density at radius 1 is 1.44 bits per heavy atom. The highest BCUT2D eigenvalue weighted by molar-refractivity contribution is 7.98. The molecule has 0 saturated heterocycles. The van der Waals surface area contributed by atoms with Crippen molar-refractivity contribution in [1.29, 1.82) is 0 Å². The summed E-state index contributed by atoms with van der Waals surface area (Å²) in [5.74, 6) is -0.337. The molecule has 1 aliphatic carbocycles. The summed E-state index contributed by atoms with van der Waals surface area (Å²) in [7, 11) is 0. The number of nitrogens with zero attached hydrogens (tertiary/aromatic N) is 2. The molecule has 0 N–H and O–H groups in total. The first-order valence-electron chi connectivity index (χ1n) is 8.84. The van der Waals surface area contributed by atoms with E-state index in [1.54, 1.807) is 18.3 Å². The van der Waals surface area contributed by atoms with E-state index < -0.39 is 6.04 Å². The summed E-state index contributed by atoms with van der Waals surface area (Å²) in [6.07, 6.45) is 7.98. The molecule has 136 valence electrons. The maximum absolute atomic E-state index is 13.0. The van der Waals surface area contributed by atoms with Gasteiger partial charge < -0.3 is 4.74 Å². The lowest BCUT2D eigenvalue weighted by molar-refractivity contribution is -0.154. The summed E-state index contributed by atoms with van der Waals surface area (Å²) < 4.78 is 7.16. The minimum Gasteiger partial charge on any atom is -0.461 e. The van der Waals surface area contributed by atoms with E-state index >= 15 is 0 Å². The van der Waals surface area contributed by atoms with Crippen molar-refractivity contribution in [1.82, 2.24) is 9.55 Å². The maximum atomic E-state index is 13.0. The second kappa shape index (κ2) is 7.91. The Bertz CT molecular complexity index is 822. The van der Waals surface area contributed by atoms with Crippen LogP contribution in [0.5, 0.6) is 0 Å². The lowest BCUT2D eigenvalue weighted by Crippen LogP contribution is -2.33. The molecule has 0 amide bonds. The van der Waals surface area contributed by atoms with E-state index in [1.807, 2.05) is 12.3 Å². The Hall–Kier alpha value is -1.34. The third-order valence-electron chi connectivity index (χ3n) is 4.71. The SMILES string of the molecule is CCc1cc2c(=O)n(C(C)C(=O)OC3CCCCC3)c(SC)nc2s1. The summed E-state index contributed by atoms with van der Waals surface area (Å²) in [5.41, 5.74) is -0.154. The van der Waals surface area contributed by atoms with Gasteiger partial charge in [0.05, 0.1) is 5.39 Å². The van der Waals surface area contributed by atoms with Crippen LogP contribution in [-0.2, 0) is 16.0 Å². The predicted molar refractivity (Wildman–Crippen MR) is 103 cm³/mol. The molecule has 1 fully saturated rings. The van der Waals surface area contributed by atoms with E-state index in [2.05, 4.69) is 11.9 Å². The first-order valence-corrected chi connectivity index (χ1v) is 10.9. The van der Waals surface area contributed by atoms with Crippen molar-refractivity contribution in [3.05, 3.63) is 21.3 Å². The quantitative estimate of drug-likeness (QED) is 0.442. The first kappa shape index (κ1) is 18.5. The van der Waals surface area contributed by atoms with Gasteiger partial charge in [-0.2, -0.15) is 0 Å². The zero-order chi connectivity index (χ0) is 18.0. The van der Waals surface area contributed by atoms with Crippen LogP contribution in [0.2, 0.25) is 0 Å². The van der Waals surface area contributed by atoms with Gasteiger partial charge in [-0.25, -0.2) is 9.78 Å². The molecule has 2 heterocycles. The molecule has 7 heteroatoms. The van der Waals surface area contributed by atoms with Gasteiger partial charge in [-0.15, -0.1) is 11.3 Å². The minimum atomic E-state index is -0.668. The average molecular weight is 381 g/mol. The Morgan fingerprint density at radius 2 is 2.16 bits per heavy atom. The van der Waals surface area contributed by atoms with Crippen molar-refractivity contribution in [3.8, 4) is 0 Å². The van der Waals surface area contributed by atoms with Crippen LogP contribution in [0.1, 0.15) is 56.9 Å². The van der Waals surface area contributed by atoms with Crippen LogP contribution in [0.4, 0.5) is 0 Å². The van der Waals surface area contributed by atoms with Gasteiger partial charge >= 0.3 is 5.97 Å². The van der Waals surface area contributed by atoms with Crippen LogP contribution in [0, 0.1) is 0 Å². The van der Waals surface area contributed by atoms with Gasteiger partial charge in [-0.05, 0) is 51.3 Å². The zero-order valence-corrected chi connectivity index (χ0v) is 16.5. The van der Waals surface area contributed by atoms with Crippen LogP contribution in [0.25, 0.3) is 10.2 Å². The Kier molecular flexibility index (Phi) is 5.84. The van der Waals surface area contributed by atoms with Gasteiger partial charge in [0.15, 0.2) is 5.16 Å². The number of aromatic nitrogens is 2. The topological polar surface area (TPSA) is 61.2 Å². The minimum absolute atomic E-state index is 0.0123. The molecular formula is C18H24N2O3S2. The summed E-state index contributed by atoms with van der Waals surface area (Å²) in [6, 6.07) is 1.23. The molecule has 5 nitrogen and oxygen atoms in total. The van der Waals surface area contributed by atoms with Crippen LogP contribution < -0.4 is 5.56 Å². The summed E-state index contributed by atoms with van der Waals surface area (Å²) >= 11 is 2.93. The van der Waals surface area contributed by atoms with Crippen molar-refractivity contribution in [2.24, 2.45) is 0 Å². The molecule has 25 heavy (non-hydrogen) atoms. The van der Waals surface area contributed by atoms with Crippen molar-refractivity contribution >= 4 is 39.3 Å².